The van der Waals surface area contributed by atoms with Gasteiger partial charge in [-0.05, 0) is 49.7 Å². The topological polar surface area (TPSA) is 44.4 Å². The summed E-state index contributed by atoms with van der Waals surface area (Å²) in [5.41, 5.74) is 0.642. The number of carbonyl (C=O) groups excluding carboxylic acids is 1. The minimum absolute atomic E-state index is 0.132. The van der Waals surface area contributed by atoms with E-state index in [1.165, 1.54) is 44.7 Å². The van der Waals surface area contributed by atoms with Crippen LogP contribution in [0.5, 0.6) is 0 Å². The van der Waals surface area contributed by atoms with Gasteiger partial charge in [-0.3, -0.25) is 0 Å². The van der Waals surface area contributed by atoms with Crippen molar-refractivity contribution in [1.82, 2.24) is 15.5 Å². The average Bonchev–Trinajstić information content (AvgIpc) is 2.66. The fraction of sp³-hybridized carbons (Fsp3) is 0.667. The highest BCUT2D eigenvalue weighted by Gasteiger charge is 2.23. The Morgan fingerprint density at radius 3 is 2.54 bits per heavy atom. The van der Waals surface area contributed by atoms with Crippen LogP contribution in [0.15, 0.2) is 24.3 Å². The molecule has 3 rings (SSSR count). The van der Waals surface area contributed by atoms with Gasteiger partial charge in [-0.2, -0.15) is 0 Å². The van der Waals surface area contributed by atoms with Crippen LogP contribution in [0.1, 0.15) is 50.5 Å². The minimum Gasteiger partial charge on any atom is -0.338 e. The van der Waals surface area contributed by atoms with Crippen LogP contribution < -0.4 is 10.6 Å². The summed E-state index contributed by atoms with van der Waals surface area (Å²) in [6.45, 7) is 3.85. The van der Waals surface area contributed by atoms with Crippen LogP contribution in [-0.2, 0) is 6.42 Å². The standard InChI is InChI=1S/C21H32FN3O/c22-20-9-5-4-8-18(20)10-13-23-21(26)24-19-11-14-25(15-12-19)16-17-6-2-1-3-7-17/h4-5,8-9,17,19H,1-3,6-7,10-16H2,(H2,23,24,26). The molecule has 1 saturated heterocycles. The third kappa shape index (κ3) is 5.97. The van der Waals surface area contributed by atoms with Crippen molar-refractivity contribution in [2.45, 2.75) is 57.4 Å². The Hall–Kier alpha value is -1.62. The van der Waals surface area contributed by atoms with E-state index in [0.29, 0.717) is 18.5 Å². The molecule has 1 aromatic rings. The summed E-state index contributed by atoms with van der Waals surface area (Å²) in [4.78, 5) is 14.6. The normalized spacial score (nSPS) is 20.0. The van der Waals surface area contributed by atoms with E-state index < -0.39 is 0 Å². The molecule has 0 spiro atoms. The van der Waals surface area contributed by atoms with E-state index in [0.717, 1.165) is 31.8 Å². The van der Waals surface area contributed by atoms with Gasteiger partial charge in [0.05, 0.1) is 0 Å². The predicted octanol–water partition coefficient (Wildman–Crippen LogP) is 3.71. The number of urea groups is 1. The molecule has 0 atom stereocenters. The maximum absolute atomic E-state index is 13.6. The number of piperidine rings is 1. The van der Waals surface area contributed by atoms with Crippen LogP contribution in [0.4, 0.5) is 9.18 Å². The quantitative estimate of drug-likeness (QED) is 0.811. The summed E-state index contributed by atoms with van der Waals surface area (Å²) in [6.07, 6.45) is 9.55. The van der Waals surface area contributed by atoms with Crippen molar-refractivity contribution in [2.75, 3.05) is 26.2 Å². The summed E-state index contributed by atoms with van der Waals surface area (Å²) in [7, 11) is 0. The molecule has 1 aliphatic carbocycles. The molecular formula is C21H32FN3O. The maximum Gasteiger partial charge on any atom is 0.315 e. The molecule has 1 saturated carbocycles. The van der Waals surface area contributed by atoms with Crippen molar-refractivity contribution in [2.24, 2.45) is 5.92 Å². The molecule has 1 heterocycles. The minimum atomic E-state index is -0.208. The lowest BCUT2D eigenvalue weighted by Gasteiger charge is -2.35. The Bertz CT molecular complexity index is 566. The molecule has 2 N–H and O–H groups in total. The van der Waals surface area contributed by atoms with Gasteiger partial charge in [-0.1, -0.05) is 37.5 Å². The maximum atomic E-state index is 13.6. The number of rotatable bonds is 6. The van der Waals surface area contributed by atoms with E-state index in [1.54, 1.807) is 12.1 Å². The predicted molar refractivity (Wildman–Crippen MR) is 103 cm³/mol. The van der Waals surface area contributed by atoms with Gasteiger partial charge in [0.2, 0.25) is 0 Å². The van der Waals surface area contributed by atoms with E-state index >= 15 is 0 Å². The van der Waals surface area contributed by atoms with Crippen LogP contribution in [-0.4, -0.2) is 43.2 Å². The van der Waals surface area contributed by atoms with Gasteiger partial charge in [0.15, 0.2) is 0 Å². The van der Waals surface area contributed by atoms with Gasteiger partial charge >= 0.3 is 6.03 Å². The first-order valence-corrected chi connectivity index (χ1v) is 10.2. The Morgan fingerprint density at radius 2 is 1.81 bits per heavy atom. The second-order valence-corrected chi connectivity index (χ2v) is 7.82. The molecule has 26 heavy (non-hydrogen) atoms. The zero-order chi connectivity index (χ0) is 18.2. The molecule has 0 unspecified atom stereocenters. The highest BCUT2D eigenvalue weighted by atomic mass is 19.1. The number of carbonyl (C=O) groups is 1. The van der Waals surface area contributed by atoms with Crippen molar-refractivity contribution in [3.63, 3.8) is 0 Å². The van der Waals surface area contributed by atoms with Crippen molar-refractivity contribution >= 4 is 6.03 Å². The number of nitrogens with zero attached hydrogens (tertiary/aromatic N) is 1. The second-order valence-electron chi connectivity index (χ2n) is 7.82. The average molecular weight is 362 g/mol. The van der Waals surface area contributed by atoms with E-state index in [4.69, 9.17) is 0 Å². The van der Waals surface area contributed by atoms with Gasteiger partial charge in [0, 0.05) is 32.2 Å². The number of hydrogen-bond acceptors (Lipinski definition) is 2. The molecule has 1 aromatic carbocycles. The van der Waals surface area contributed by atoms with Gasteiger partial charge in [0.25, 0.3) is 0 Å². The highest BCUT2D eigenvalue weighted by molar-refractivity contribution is 5.74. The fourth-order valence-corrected chi connectivity index (χ4v) is 4.24. The first-order chi connectivity index (χ1) is 12.7. The smallest absolute Gasteiger partial charge is 0.315 e. The summed E-state index contributed by atoms with van der Waals surface area (Å²) < 4.78 is 13.6. The van der Waals surface area contributed by atoms with Crippen LogP contribution >= 0.6 is 0 Å². The molecular weight excluding hydrogens is 329 g/mol. The van der Waals surface area contributed by atoms with Gasteiger partial charge in [-0.25, -0.2) is 9.18 Å². The van der Waals surface area contributed by atoms with Crippen molar-refractivity contribution < 1.29 is 9.18 Å². The molecule has 5 heteroatoms. The molecule has 144 valence electrons. The number of nitrogens with one attached hydrogen (secondary N) is 2. The highest BCUT2D eigenvalue weighted by Crippen LogP contribution is 2.25. The Balaban J connectivity index is 1.30. The molecule has 2 amide bonds. The molecule has 0 bridgehead atoms. The molecule has 1 aliphatic heterocycles. The first kappa shape index (κ1) is 19.2. The second kappa shape index (κ2) is 9.91. The molecule has 2 fully saturated rings. The Labute approximate surface area is 156 Å². The monoisotopic (exact) mass is 361 g/mol. The van der Waals surface area contributed by atoms with Crippen molar-refractivity contribution in [1.29, 1.82) is 0 Å². The zero-order valence-electron chi connectivity index (χ0n) is 15.7. The number of hydrogen-bond donors (Lipinski definition) is 2. The Kier molecular flexibility index (Phi) is 7.30. The van der Waals surface area contributed by atoms with E-state index in [1.807, 2.05) is 6.07 Å². The van der Waals surface area contributed by atoms with E-state index in [2.05, 4.69) is 15.5 Å². The van der Waals surface area contributed by atoms with Gasteiger partial charge in [-0.15, -0.1) is 0 Å². The van der Waals surface area contributed by atoms with Crippen molar-refractivity contribution in [3.8, 4) is 0 Å². The van der Waals surface area contributed by atoms with E-state index in [-0.39, 0.29) is 17.9 Å². The molecule has 2 aliphatic rings. The SMILES string of the molecule is O=C(NCCc1ccccc1F)NC1CCN(CC2CCCCC2)CC1. The lowest BCUT2D eigenvalue weighted by molar-refractivity contribution is 0.155. The van der Waals surface area contributed by atoms with E-state index in [9.17, 15) is 9.18 Å². The number of halogens is 1. The number of amides is 2. The molecule has 0 aromatic heterocycles. The van der Waals surface area contributed by atoms with Gasteiger partial charge in [0.1, 0.15) is 5.82 Å². The number of benzene rings is 1. The largest absolute Gasteiger partial charge is 0.338 e. The van der Waals surface area contributed by atoms with Crippen LogP contribution in [0, 0.1) is 11.7 Å². The molecule has 4 nitrogen and oxygen atoms in total. The van der Waals surface area contributed by atoms with Crippen molar-refractivity contribution in [3.05, 3.63) is 35.6 Å². The fourth-order valence-electron chi connectivity index (χ4n) is 4.24. The summed E-state index contributed by atoms with van der Waals surface area (Å²) in [5.74, 6) is 0.676. The summed E-state index contributed by atoms with van der Waals surface area (Å²) in [5, 5.41) is 5.93. The Morgan fingerprint density at radius 1 is 1.08 bits per heavy atom. The third-order valence-corrected chi connectivity index (χ3v) is 5.80. The number of likely N-dealkylation sites (tertiary alicyclic amines) is 1. The molecule has 0 radical (unpaired) electrons. The summed E-state index contributed by atoms with van der Waals surface area (Å²) >= 11 is 0. The first-order valence-electron chi connectivity index (χ1n) is 10.2. The summed E-state index contributed by atoms with van der Waals surface area (Å²) in [6, 6.07) is 6.84. The van der Waals surface area contributed by atoms with Crippen LogP contribution in [0.25, 0.3) is 0 Å². The zero-order valence-corrected chi connectivity index (χ0v) is 15.7. The lowest BCUT2D eigenvalue weighted by atomic mass is 9.88. The van der Waals surface area contributed by atoms with Crippen LogP contribution in [0.2, 0.25) is 0 Å². The van der Waals surface area contributed by atoms with Crippen LogP contribution in [0.3, 0.4) is 0 Å². The third-order valence-electron chi connectivity index (χ3n) is 5.80. The van der Waals surface area contributed by atoms with Gasteiger partial charge < -0.3 is 15.5 Å². The lowest BCUT2D eigenvalue weighted by Crippen LogP contribution is -2.48.